The van der Waals surface area contributed by atoms with Crippen molar-refractivity contribution in [3.8, 4) is 0 Å². The van der Waals surface area contributed by atoms with Crippen LogP contribution in [0.25, 0.3) is 0 Å². The highest BCUT2D eigenvalue weighted by atomic mass is 16.5. The standard InChI is InChI=1S/C19H27N7O3/c1-18(24-15(27)3-9-25-13-22-23-14-25)6-12-29-19(16(18)28)4-10-26(11-5-19)17-20-7-2-8-21-17/h2,7-8,13-14,16,28H,3-6,9-12H2,1H3,(H,24,27)/t16-,18+/m1/s1. The molecule has 2 atom stereocenters. The molecule has 10 nitrogen and oxygen atoms in total. The summed E-state index contributed by atoms with van der Waals surface area (Å²) in [5.41, 5.74) is -1.40. The van der Waals surface area contributed by atoms with E-state index in [4.69, 9.17) is 4.74 Å². The average Bonchev–Trinajstić information content (AvgIpc) is 3.26. The van der Waals surface area contributed by atoms with Crippen molar-refractivity contribution < 1.29 is 14.6 Å². The van der Waals surface area contributed by atoms with Crippen molar-refractivity contribution in [3.63, 3.8) is 0 Å². The second kappa shape index (κ2) is 8.03. The molecule has 2 aliphatic heterocycles. The van der Waals surface area contributed by atoms with E-state index in [2.05, 4.69) is 30.4 Å². The van der Waals surface area contributed by atoms with Gasteiger partial charge in [0.1, 0.15) is 18.8 Å². The zero-order valence-electron chi connectivity index (χ0n) is 16.6. The average molecular weight is 401 g/mol. The SMILES string of the molecule is C[C@]1(NC(=O)CCn2cnnc2)CCOC2(CCN(c3ncccn3)CC2)[C@@H]1O. The van der Waals surface area contributed by atoms with Gasteiger partial charge in [-0.05, 0) is 32.3 Å². The van der Waals surface area contributed by atoms with E-state index in [9.17, 15) is 9.90 Å². The largest absolute Gasteiger partial charge is 0.388 e. The highest BCUT2D eigenvalue weighted by Crippen LogP contribution is 2.40. The van der Waals surface area contributed by atoms with Gasteiger partial charge in [-0.1, -0.05) is 0 Å². The Morgan fingerprint density at radius 2 is 1.93 bits per heavy atom. The molecule has 2 aromatic heterocycles. The molecule has 29 heavy (non-hydrogen) atoms. The first-order chi connectivity index (χ1) is 14.0. The van der Waals surface area contributed by atoms with E-state index < -0.39 is 17.2 Å². The van der Waals surface area contributed by atoms with E-state index in [1.807, 2.05) is 6.92 Å². The fraction of sp³-hybridized carbons (Fsp3) is 0.632. The zero-order valence-corrected chi connectivity index (χ0v) is 16.6. The zero-order chi connectivity index (χ0) is 20.3. The Hall–Kier alpha value is -2.59. The number of carbonyl (C=O) groups is 1. The van der Waals surface area contributed by atoms with E-state index in [-0.39, 0.29) is 5.91 Å². The third-order valence-electron chi connectivity index (χ3n) is 6.05. The molecule has 0 aromatic carbocycles. The molecular formula is C19H27N7O3. The van der Waals surface area contributed by atoms with Crippen LogP contribution >= 0.6 is 0 Å². The molecule has 1 spiro atoms. The Bertz CT molecular complexity index is 808. The first-order valence-corrected chi connectivity index (χ1v) is 9.98. The molecule has 0 aliphatic carbocycles. The highest BCUT2D eigenvalue weighted by molar-refractivity contribution is 5.76. The number of nitrogens with zero attached hydrogens (tertiary/aromatic N) is 6. The number of aryl methyl sites for hydroxylation is 1. The molecule has 156 valence electrons. The smallest absolute Gasteiger partial charge is 0.225 e. The molecule has 2 aliphatic rings. The third kappa shape index (κ3) is 4.08. The Balaban J connectivity index is 1.38. The van der Waals surface area contributed by atoms with Crippen molar-refractivity contribution in [1.82, 2.24) is 30.0 Å². The number of piperidine rings is 1. The summed E-state index contributed by atoms with van der Waals surface area (Å²) in [6.45, 7) is 4.29. The van der Waals surface area contributed by atoms with E-state index in [0.717, 1.165) is 0 Å². The summed E-state index contributed by atoms with van der Waals surface area (Å²) >= 11 is 0. The van der Waals surface area contributed by atoms with E-state index in [1.54, 1.807) is 35.7 Å². The van der Waals surface area contributed by atoms with Crippen LogP contribution < -0.4 is 10.2 Å². The molecule has 4 rings (SSSR count). The van der Waals surface area contributed by atoms with Crippen molar-refractivity contribution in [2.45, 2.75) is 56.4 Å². The molecule has 2 fully saturated rings. The van der Waals surface area contributed by atoms with Crippen molar-refractivity contribution in [3.05, 3.63) is 31.1 Å². The maximum absolute atomic E-state index is 12.5. The number of ether oxygens (including phenoxy) is 1. The number of nitrogens with one attached hydrogen (secondary N) is 1. The van der Waals surface area contributed by atoms with Crippen molar-refractivity contribution >= 4 is 11.9 Å². The Morgan fingerprint density at radius 1 is 1.24 bits per heavy atom. The van der Waals surface area contributed by atoms with E-state index in [0.29, 0.717) is 57.9 Å². The predicted molar refractivity (Wildman–Crippen MR) is 104 cm³/mol. The van der Waals surface area contributed by atoms with Crippen LogP contribution in [0, 0.1) is 0 Å². The molecule has 2 N–H and O–H groups in total. The lowest BCUT2D eigenvalue weighted by molar-refractivity contribution is -0.198. The topological polar surface area (TPSA) is 118 Å². The first-order valence-electron chi connectivity index (χ1n) is 9.98. The molecule has 2 saturated heterocycles. The fourth-order valence-electron chi connectivity index (χ4n) is 4.30. The molecule has 1 amide bonds. The molecule has 10 heteroatoms. The van der Waals surface area contributed by atoms with Crippen LogP contribution in [0.3, 0.4) is 0 Å². The first kappa shape index (κ1) is 19.7. The van der Waals surface area contributed by atoms with Gasteiger partial charge in [-0.2, -0.15) is 0 Å². The fourth-order valence-corrected chi connectivity index (χ4v) is 4.30. The Labute approximate surface area is 169 Å². The lowest BCUT2D eigenvalue weighted by Crippen LogP contribution is -2.69. The van der Waals surface area contributed by atoms with Gasteiger partial charge in [0.15, 0.2) is 0 Å². The van der Waals surface area contributed by atoms with Crippen LogP contribution in [-0.4, -0.2) is 72.7 Å². The lowest BCUT2D eigenvalue weighted by atomic mass is 9.73. The summed E-state index contributed by atoms with van der Waals surface area (Å²) in [5.74, 6) is 0.588. The Morgan fingerprint density at radius 3 is 2.62 bits per heavy atom. The molecule has 0 radical (unpaired) electrons. The minimum atomic E-state index is -0.790. The van der Waals surface area contributed by atoms with Gasteiger partial charge in [-0.15, -0.1) is 10.2 Å². The quantitative estimate of drug-likeness (QED) is 0.727. The third-order valence-corrected chi connectivity index (χ3v) is 6.05. The maximum atomic E-state index is 12.5. The van der Waals surface area contributed by atoms with E-state index >= 15 is 0 Å². The van der Waals surface area contributed by atoms with Gasteiger partial charge in [0.2, 0.25) is 11.9 Å². The number of aliphatic hydroxyl groups excluding tert-OH is 1. The number of carbonyl (C=O) groups excluding carboxylic acids is 1. The molecule has 2 aromatic rings. The van der Waals surface area contributed by atoms with Gasteiger partial charge in [0.25, 0.3) is 0 Å². The number of hydrogen-bond acceptors (Lipinski definition) is 8. The monoisotopic (exact) mass is 401 g/mol. The lowest BCUT2D eigenvalue weighted by Gasteiger charge is -2.53. The minimum absolute atomic E-state index is 0.104. The van der Waals surface area contributed by atoms with Gasteiger partial charge < -0.3 is 24.6 Å². The van der Waals surface area contributed by atoms with Gasteiger partial charge >= 0.3 is 0 Å². The summed E-state index contributed by atoms with van der Waals surface area (Å²) in [5, 5.41) is 21.8. The van der Waals surface area contributed by atoms with Crippen LogP contribution in [-0.2, 0) is 16.1 Å². The molecule has 4 heterocycles. The van der Waals surface area contributed by atoms with Crippen LogP contribution in [0.1, 0.15) is 32.6 Å². The second-order valence-corrected chi connectivity index (χ2v) is 8.02. The number of anilines is 1. The summed E-state index contributed by atoms with van der Waals surface area (Å²) in [4.78, 5) is 23.2. The number of amides is 1. The maximum Gasteiger partial charge on any atom is 0.225 e. The number of aromatic nitrogens is 5. The van der Waals surface area contributed by atoms with Crippen molar-refractivity contribution in [1.29, 1.82) is 0 Å². The molecular weight excluding hydrogens is 374 g/mol. The van der Waals surface area contributed by atoms with Gasteiger partial charge in [0, 0.05) is 45.1 Å². The van der Waals surface area contributed by atoms with Crippen LogP contribution in [0.2, 0.25) is 0 Å². The normalized spacial score (nSPS) is 26.4. The minimum Gasteiger partial charge on any atom is -0.388 e. The predicted octanol–water partition coefficient (Wildman–Crippen LogP) is 0.154. The highest BCUT2D eigenvalue weighted by Gasteiger charge is 2.53. The molecule has 0 saturated carbocycles. The molecule has 0 bridgehead atoms. The summed E-state index contributed by atoms with van der Waals surface area (Å²) in [7, 11) is 0. The van der Waals surface area contributed by atoms with Crippen molar-refractivity contribution in [2.24, 2.45) is 0 Å². The summed E-state index contributed by atoms with van der Waals surface area (Å²) < 4.78 is 7.86. The second-order valence-electron chi connectivity index (χ2n) is 8.02. The number of rotatable bonds is 5. The molecule has 0 unspecified atom stereocenters. The van der Waals surface area contributed by atoms with E-state index in [1.165, 1.54) is 0 Å². The van der Waals surface area contributed by atoms with Gasteiger partial charge in [-0.3, -0.25) is 4.79 Å². The Kier molecular flexibility index (Phi) is 5.46. The van der Waals surface area contributed by atoms with Crippen molar-refractivity contribution in [2.75, 3.05) is 24.6 Å². The van der Waals surface area contributed by atoms with Crippen LogP contribution in [0.5, 0.6) is 0 Å². The van der Waals surface area contributed by atoms with Gasteiger partial charge in [-0.25, -0.2) is 9.97 Å². The van der Waals surface area contributed by atoms with Crippen LogP contribution in [0.4, 0.5) is 5.95 Å². The summed E-state index contributed by atoms with van der Waals surface area (Å²) in [6.07, 6.45) is 8.00. The van der Waals surface area contributed by atoms with Gasteiger partial charge in [0.05, 0.1) is 11.1 Å². The summed E-state index contributed by atoms with van der Waals surface area (Å²) in [6, 6.07) is 1.79. The number of hydrogen-bond donors (Lipinski definition) is 2. The number of aliphatic hydroxyl groups is 1. The van der Waals surface area contributed by atoms with Crippen LogP contribution in [0.15, 0.2) is 31.1 Å².